The fraction of sp³-hybridized carbons (Fsp3) is 0.929. The molecule has 6 nitrogen and oxygen atoms in total. The van der Waals surface area contributed by atoms with Crippen LogP contribution in [0.5, 0.6) is 0 Å². The molecule has 6 atom stereocenters. The fourth-order valence-electron chi connectivity index (χ4n) is 7.67. The van der Waals surface area contributed by atoms with Gasteiger partial charge >= 0.3 is 0 Å². The molecular formula is C28H48N4O2. The summed E-state index contributed by atoms with van der Waals surface area (Å²) >= 11 is 0. The summed E-state index contributed by atoms with van der Waals surface area (Å²) in [4.78, 5) is 15.0. The molecule has 4 saturated heterocycles. The third kappa shape index (κ3) is 4.66. The topological polar surface area (TPSA) is 49.7 Å². The molecule has 2 bridgehead atoms. The van der Waals surface area contributed by atoms with Gasteiger partial charge in [0.05, 0.1) is 12.1 Å². The summed E-state index contributed by atoms with van der Waals surface area (Å²) in [6.07, 6.45) is 12.3. The van der Waals surface area contributed by atoms with Crippen molar-refractivity contribution in [2.45, 2.75) is 110 Å². The summed E-state index contributed by atoms with van der Waals surface area (Å²) in [5, 5.41) is 0. The van der Waals surface area contributed by atoms with Crippen molar-refractivity contribution in [3.8, 4) is 0 Å². The van der Waals surface area contributed by atoms with Crippen LogP contribution in [-0.4, -0.2) is 85.2 Å². The first kappa shape index (κ1) is 24.5. The lowest BCUT2D eigenvalue weighted by atomic mass is 9.71. The molecule has 2 unspecified atom stereocenters. The van der Waals surface area contributed by atoms with Crippen LogP contribution in [0.1, 0.15) is 85.5 Å². The number of hydrogen-bond acceptors (Lipinski definition) is 6. The Labute approximate surface area is 207 Å². The van der Waals surface area contributed by atoms with Gasteiger partial charge in [0.15, 0.2) is 11.8 Å². The van der Waals surface area contributed by atoms with Crippen LogP contribution in [0.3, 0.4) is 0 Å². The van der Waals surface area contributed by atoms with Crippen molar-refractivity contribution in [1.82, 2.24) is 9.80 Å². The highest BCUT2D eigenvalue weighted by atomic mass is 16.5. The zero-order chi connectivity index (χ0) is 23.7. The molecule has 0 aromatic heterocycles. The Morgan fingerprint density at radius 2 is 1.24 bits per heavy atom. The molecule has 34 heavy (non-hydrogen) atoms. The molecule has 6 heterocycles. The molecule has 6 heteroatoms. The van der Waals surface area contributed by atoms with Gasteiger partial charge in [0.2, 0.25) is 0 Å². The van der Waals surface area contributed by atoms with E-state index in [1.165, 1.54) is 64.7 Å². The first-order valence-electron chi connectivity index (χ1n) is 14.4. The predicted octanol–water partition coefficient (Wildman–Crippen LogP) is 4.77. The van der Waals surface area contributed by atoms with Crippen molar-refractivity contribution in [2.75, 3.05) is 39.4 Å². The summed E-state index contributed by atoms with van der Waals surface area (Å²) < 4.78 is 11.5. The van der Waals surface area contributed by atoms with Crippen LogP contribution in [0.2, 0.25) is 0 Å². The minimum Gasteiger partial charge on any atom is -0.478 e. The lowest BCUT2D eigenvalue weighted by Crippen LogP contribution is -2.63. The summed E-state index contributed by atoms with van der Waals surface area (Å²) in [6.45, 7) is 15.5. The number of rotatable bonds is 4. The van der Waals surface area contributed by atoms with Gasteiger partial charge in [-0.05, 0) is 83.7 Å². The van der Waals surface area contributed by atoms with Crippen molar-refractivity contribution < 1.29 is 9.47 Å². The minimum atomic E-state index is -0.241. The van der Waals surface area contributed by atoms with Crippen LogP contribution in [-0.2, 0) is 9.47 Å². The minimum absolute atomic E-state index is 0.241. The monoisotopic (exact) mass is 472 g/mol. The van der Waals surface area contributed by atoms with Crippen molar-refractivity contribution in [2.24, 2.45) is 27.2 Å². The average Bonchev–Trinajstić information content (AvgIpc) is 3.50. The van der Waals surface area contributed by atoms with Crippen LogP contribution in [0.15, 0.2) is 9.98 Å². The zero-order valence-electron chi connectivity index (χ0n) is 22.2. The number of aliphatic imine (C=N–C) groups is 2. The Balaban J connectivity index is 0.000000142. The van der Waals surface area contributed by atoms with E-state index in [9.17, 15) is 0 Å². The second-order valence-corrected chi connectivity index (χ2v) is 11.8. The zero-order valence-corrected chi connectivity index (χ0v) is 22.2. The van der Waals surface area contributed by atoms with E-state index >= 15 is 0 Å². The second-order valence-electron chi connectivity index (χ2n) is 11.8. The van der Waals surface area contributed by atoms with Crippen molar-refractivity contribution >= 4 is 11.8 Å². The molecule has 4 fully saturated rings. The normalized spacial score (nSPS) is 37.9. The molecule has 0 aromatic rings. The molecule has 6 rings (SSSR count). The fourth-order valence-corrected chi connectivity index (χ4v) is 7.67. The molecule has 0 aliphatic carbocycles. The maximum atomic E-state index is 5.75. The van der Waals surface area contributed by atoms with Gasteiger partial charge in [0.1, 0.15) is 18.6 Å². The number of piperidine rings is 4. The van der Waals surface area contributed by atoms with E-state index in [1.54, 1.807) is 6.42 Å². The predicted molar refractivity (Wildman–Crippen MR) is 139 cm³/mol. The molecule has 0 saturated carbocycles. The summed E-state index contributed by atoms with van der Waals surface area (Å²) in [6, 6.07) is 2.43. The third-order valence-corrected chi connectivity index (χ3v) is 9.58. The van der Waals surface area contributed by atoms with Crippen LogP contribution in [0.4, 0.5) is 0 Å². The van der Waals surface area contributed by atoms with Gasteiger partial charge < -0.3 is 9.47 Å². The molecule has 6 aliphatic heterocycles. The van der Waals surface area contributed by atoms with Crippen LogP contribution in [0.25, 0.3) is 0 Å². The molecule has 6 aliphatic rings. The van der Waals surface area contributed by atoms with Gasteiger partial charge in [-0.15, -0.1) is 0 Å². The highest BCUT2D eigenvalue weighted by Crippen LogP contribution is 2.42. The van der Waals surface area contributed by atoms with Crippen molar-refractivity contribution in [1.29, 1.82) is 0 Å². The quantitative estimate of drug-likeness (QED) is 0.591. The van der Waals surface area contributed by atoms with E-state index in [-0.39, 0.29) is 17.5 Å². The van der Waals surface area contributed by atoms with Gasteiger partial charge in [0.25, 0.3) is 0 Å². The largest absolute Gasteiger partial charge is 0.478 e. The number of ether oxygens (including phenoxy) is 2. The Morgan fingerprint density at radius 3 is 1.62 bits per heavy atom. The highest BCUT2D eigenvalue weighted by molar-refractivity contribution is 6.06. The van der Waals surface area contributed by atoms with Crippen molar-refractivity contribution in [3.63, 3.8) is 0 Å². The van der Waals surface area contributed by atoms with Gasteiger partial charge in [-0.1, -0.05) is 26.7 Å². The standard InChI is InChI=1S/C15H26N2.C13H22N2O2/c1-3-7-16-11-13-9-12(14(16)5-1)10-17-8-4-2-6-15(13)17;1-5-13(6-2,11-14-9(3)7-16-11)12-15-10(4)8-17-12/h12-15H,1-11H2;9-10H,5-8H2,1-4H3/t12-,13?,14-,15?;9-,10-/m00/s1. The summed E-state index contributed by atoms with van der Waals surface area (Å²) in [5.74, 6) is 3.68. The third-order valence-electron chi connectivity index (χ3n) is 9.58. The molecule has 0 spiro atoms. The van der Waals surface area contributed by atoms with E-state index in [4.69, 9.17) is 9.47 Å². The van der Waals surface area contributed by atoms with Crippen LogP contribution in [0, 0.1) is 17.3 Å². The molecular weight excluding hydrogens is 424 g/mol. The van der Waals surface area contributed by atoms with Gasteiger partial charge in [-0.2, -0.15) is 0 Å². The molecule has 0 N–H and O–H groups in total. The lowest BCUT2D eigenvalue weighted by molar-refractivity contribution is -0.0718. The lowest BCUT2D eigenvalue weighted by Gasteiger charge is -2.57. The van der Waals surface area contributed by atoms with Crippen LogP contribution < -0.4 is 0 Å². The molecule has 0 radical (unpaired) electrons. The van der Waals surface area contributed by atoms with Crippen LogP contribution >= 0.6 is 0 Å². The summed E-state index contributed by atoms with van der Waals surface area (Å²) in [7, 11) is 0. The summed E-state index contributed by atoms with van der Waals surface area (Å²) in [5.41, 5.74) is -0.241. The molecule has 192 valence electrons. The van der Waals surface area contributed by atoms with E-state index in [0.29, 0.717) is 13.2 Å². The Kier molecular flexibility index (Phi) is 7.55. The maximum Gasteiger partial charge on any atom is 0.199 e. The van der Waals surface area contributed by atoms with Gasteiger partial charge in [-0.25, -0.2) is 9.98 Å². The second kappa shape index (κ2) is 10.5. The van der Waals surface area contributed by atoms with Gasteiger partial charge in [-0.3, -0.25) is 9.80 Å². The Morgan fingerprint density at radius 1 is 0.765 bits per heavy atom. The van der Waals surface area contributed by atoms with E-state index in [1.807, 2.05) is 0 Å². The Hall–Kier alpha value is -1.14. The maximum absolute atomic E-state index is 5.75. The molecule has 0 aromatic carbocycles. The van der Waals surface area contributed by atoms with E-state index in [0.717, 1.165) is 48.6 Å². The number of fused-ring (bicyclic) bond motifs is 6. The first-order chi connectivity index (χ1) is 16.5. The first-order valence-corrected chi connectivity index (χ1v) is 14.4. The number of nitrogens with zero attached hydrogens (tertiary/aromatic N) is 4. The van der Waals surface area contributed by atoms with Crippen molar-refractivity contribution in [3.05, 3.63) is 0 Å². The highest BCUT2D eigenvalue weighted by Gasteiger charge is 2.47. The Bertz CT molecular complexity index is 706. The van der Waals surface area contributed by atoms with Gasteiger partial charge in [0, 0.05) is 25.2 Å². The van der Waals surface area contributed by atoms with E-state index in [2.05, 4.69) is 47.5 Å². The number of hydrogen-bond donors (Lipinski definition) is 0. The SMILES string of the molecule is C1CCN2C[C@@H]3CC(CN4CCCC[C@@H]34)C2C1.CCC(CC)(C1=N[C@@H](C)CO1)C1=N[C@@H](C)CO1. The smallest absolute Gasteiger partial charge is 0.199 e. The average molecular weight is 473 g/mol. The van der Waals surface area contributed by atoms with E-state index < -0.39 is 0 Å². The molecule has 0 amide bonds.